The summed E-state index contributed by atoms with van der Waals surface area (Å²) < 4.78 is 28.4. The second-order valence-corrected chi connectivity index (χ2v) is 5.78. The summed E-state index contributed by atoms with van der Waals surface area (Å²) in [4.78, 5) is 10.6. The molecule has 0 aromatic heterocycles. The van der Waals surface area contributed by atoms with Gasteiger partial charge < -0.3 is 20.1 Å². The predicted octanol–water partition coefficient (Wildman–Crippen LogP) is -1.02. The first-order valence-electron chi connectivity index (χ1n) is 5.74. The van der Waals surface area contributed by atoms with E-state index in [1.54, 1.807) is 19.1 Å². The van der Waals surface area contributed by atoms with Crippen molar-refractivity contribution in [2.45, 2.75) is 30.1 Å². The van der Waals surface area contributed by atoms with Gasteiger partial charge in [0.1, 0.15) is 12.2 Å². The molecule has 0 fully saturated rings. The van der Waals surface area contributed by atoms with Gasteiger partial charge in [-0.25, -0.2) is 0 Å². The van der Waals surface area contributed by atoms with E-state index in [0.717, 1.165) is 5.56 Å². The maximum absolute atomic E-state index is 11.9. The van der Waals surface area contributed by atoms with E-state index >= 15 is 0 Å². The Hall–Kier alpha value is -1.32. The van der Waals surface area contributed by atoms with Gasteiger partial charge in [-0.05, 0) is 19.1 Å². The van der Waals surface area contributed by atoms with Gasteiger partial charge in [0.05, 0.1) is 11.5 Å². The average Bonchev–Trinajstić information content (AvgIpc) is 2.43. The molecule has 0 bridgehead atoms. The molecule has 3 atom stereocenters. The van der Waals surface area contributed by atoms with Crippen LogP contribution in [0.4, 0.5) is 0 Å². The molecule has 8 heteroatoms. The predicted molar refractivity (Wildman–Crippen MR) is 68.4 cm³/mol. The van der Waals surface area contributed by atoms with E-state index in [2.05, 4.69) is 4.18 Å². The number of carbonyl (C=O) groups is 1. The van der Waals surface area contributed by atoms with Crippen molar-refractivity contribution in [3.8, 4) is 0 Å². The third-order valence-electron chi connectivity index (χ3n) is 2.60. The molecule has 0 unspecified atom stereocenters. The smallest absolute Gasteiger partial charge is 0.297 e. The maximum atomic E-state index is 11.9. The highest BCUT2D eigenvalue weighted by molar-refractivity contribution is 7.86. The van der Waals surface area contributed by atoms with E-state index in [4.69, 9.17) is 5.11 Å². The molecule has 0 amide bonds. The highest BCUT2D eigenvalue weighted by Crippen LogP contribution is 2.16. The number of aryl methyl sites for hydroxylation is 1. The second kappa shape index (κ2) is 6.91. The van der Waals surface area contributed by atoms with Crippen LogP contribution in [0.25, 0.3) is 0 Å². The summed E-state index contributed by atoms with van der Waals surface area (Å²) in [5.74, 6) is 0. The summed E-state index contributed by atoms with van der Waals surface area (Å²) in [6.07, 6.45) is -5.28. The number of hydrogen-bond acceptors (Lipinski definition) is 7. The van der Waals surface area contributed by atoms with Gasteiger partial charge in [0.25, 0.3) is 10.1 Å². The maximum Gasteiger partial charge on any atom is 0.297 e. The van der Waals surface area contributed by atoms with Crippen LogP contribution in [0.15, 0.2) is 29.2 Å². The summed E-state index contributed by atoms with van der Waals surface area (Å²) in [6.45, 7) is 0.937. The molecule has 20 heavy (non-hydrogen) atoms. The van der Waals surface area contributed by atoms with Crippen LogP contribution in [0.5, 0.6) is 0 Å². The monoisotopic (exact) mass is 304 g/mol. The Balaban J connectivity index is 2.93. The lowest BCUT2D eigenvalue weighted by Crippen LogP contribution is -2.42. The Labute approximate surface area is 116 Å². The number of aliphatic hydroxyl groups excluding tert-OH is 3. The molecular formula is C12H16O7S. The number of carbonyl (C=O) groups excluding carboxylic acids is 1. The lowest BCUT2D eigenvalue weighted by atomic mass is 10.1. The Morgan fingerprint density at radius 1 is 1.25 bits per heavy atom. The van der Waals surface area contributed by atoms with Crippen LogP contribution in [0, 0.1) is 6.92 Å². The van der Waals surface area contributed by atoms with Crippen molar-refractivity contribution in [3.63, 3.8) is 0 Å². The topological polar surface area (TPSA) is 121 Å². The fourth-order valence-electron chi connectivity index (χ4n) is 1.39. The van der Waals surface area contributed by atoms with Crippen LogP contribution < -0.4 is 0 Å². The van der Waals surface area contributed by atoms with Gasteiger partial charge in [0.2, 0.25) is 0 Å². The SMILES string of the molecule is Cc1ccc(S(=O)(=O)O[C@H](C=O)[C@H](O)[C@@H](O)CO)cc1. The van der Waals surface area contributed by atoms with Crippen LogP contribution in [0.1, 0.15) is 5.56 Å². The van der Waals surface area contributed by atoms with E-state index in [0.29, 0.717) is 0 Å². The number of rotatable bonds is 7. The van der Waals surface area contributed by atoms with Crippen molar-refractivity contribution in [3.05, 3.63) is 29.8 Å². The molecule has 112 valence electrons. The molecule has 0 radical (unpaired) electrons. The molecule has 0 spiro atoms. The number of hydrogen-bond donors (Lipinski definition) is 3. The number of benzene rings is 1. The molecule has 0 saturated heterocycles. The first-order valence-corrected chi connectivity index (χ1v) is 7.15. The van der Waals surface area contributed by atoms with Crippen molar-refractivity contribution in [2.24, 2.45) is 0 Å². The van der Waals surface area contributed by atoms with E-state index < -0.39 is 35.0 Å². The second-order valence-electron chi connectivity index (χ2n) is 4.20. The van der Waals surface area contributed by atoms with Gasteiger partial charge in [-0.3, -0.25) is 4.18 Å². The molecule has 1 aromatic rings. The lowest BCUT2D eigenvalue weighted by molar-refractivity contribution is -0.124. The Bertz CT molecular complexity index is 537. The standard InChI is InChI=1S/C12H16O7S/c1-8-2-4-9(5-3-8)20(17,18)19-11(7-14)12(16)10(15)6-13/h2-5,7,10-13,15-16H,6H2,1H3/t10-,11+,12+/m0/s1. The van der Waals surface area contributed by atoms with Gasteiger partial charge in [0.15, 0.2) is 12.4 Å². The summed E-state index contributed by atoms with van der Waals surface area (Å²) in [5.41, 5.74) is 0.839. The zero-order chi connectivity index (χ0) is 15.3. The van der Waals surface area contributed by atoms with Crippen LogP contribution in [0.2, 0.25) is 0 Å². The normalized spacial score (nSPS) is 16.4. The van der Waals surface area contributed by atoms with Crippen LogP contribution in [-0.2, 0) is 19.1 Å². The molecule has 3 N–H and O–H groups in total. The molecule has 1 aromatic carbocycles. The molecule has 7 nitrogen and oxygen atoms in total. The minimum Gasteiger partial charge on any atom is -0.394 e. The van der Waals surface area contributed by atoms with Crippen molar-refractivity contribution in [2.75, 3.05) is 6.61 Å². The fourth-order valence-corrected chi connectivity index (χ4v) is 2.43. The zero-order valence-electron chi connectivity index (χ0n) is 10.7. The van der Waals surface area contributed by atoms with Gasteiger partial charge in [-0.2, -0.15) is 8.42 Å². The van der Waals surface area contributed by atoms with Gasteiger partial charge >= 0.3 is 0 Å². The van der Waals surface area contributed by atoms with Crippen LogP contribution >= 0.6 is 0 Å². The van der Waals surface area contributed by atoms with Crippen molar-refractivity contribution in [1.82, 2.24) is 0 Å². The fraction of sp³-hybridized carbons (Fsp3) is 0.417. The number of aldehydes is 1. The molecule has 0 heterocycles. The van der Waals surface area contributed by atoms with Gasteiger partial charge in [-0.15, -0.1) is 0 Å². The minimum atomic E-state index is -4.26. The summed E-state index contributed by atoms with van der Waals surface area (Å²) in [5, 5.41) is 27.4. The van der Waals surface area contributed by atoms with E-state index in [1.807, 2.05) is 0 Å². The van der Waals surface area contributed by atoms with Crippen LogP contribution in [-0.4, -0.2) is 54.9 Å². The highest BCUT2D eigenvalue weighted by atomic mass is 32.2. The molecule has 0 saturated carbocycles. The average molecular weight is 304 g/mol. The molecule has 0 aliphatic heterocycles. The van der Waals surface area contributed by atoms with Crippen molar-refractivity contribution >= 4 is 16.4 Å². The Kier molecular flexibility index (Phi) is 5.78. The van der Waals surface area contributed by atoms with Crippen LogP contribution in [0.3, 0.4) is 0 Å². The molecule has 1 rings (SSSR count). The van der Waals surface area contributed by atoms with E-state index in [-0.39, 0.29) is 11.2 Å². The molecule has 0 aliphatic carbocycles. The molecular weight excluding hydrogens is 288 g/mol. The largest absolute Gasteiger partial charge is 0.394 e. The van der Waals surface area contributed by atoms with Gasteiger partial charge in [0, 0.05) is 0 Å². The quantitative estimate of drug-likeness (QED) is 0.435. The minimum absolute atomic E-state index is 0.0509. The third-order valence-corrected chi connectivity index (χ3v) is 3.92. The first-order chi connectivity index (χ1) is 9.31. The Morgan fingerprint density at radius 3 is 2.25 bits per heavy atom. The van der Waals surface area contributed by atoms with E-state index in [9.17, 15) is 23.4 Å². The summed E-state index contributed by atoms with van der Waals surface area (Å²) in [7, 11) is -4.26. The van der Waals surface area contributed by atoms with E-state index in [1.165, 1.54) is 12.1 Å². The van der Waals surface area contributed by atoms with Gasteiger partial charge in [-0.1, -0.05) is 17.7 Å². The zero-order valence-corrected chi connectivity index (χ0v) is 11.5. The van der Waals surface area contributed by atoms with Crippen molar-refractivity contribution < 1.29 is 32.7 Å². The Morgan fingerprint density at radius 2 is 1.80 bits per heavy atom. The first kappa shape index (κ1) is 16.7. The highest BCUT2D eigenvalue weighted by Gasteiger charge is 2.31. The lowest BCUT2D eigenvalue weighted by Gasteiger charge is -2.21. The number of aliphatic hydroxyl groups is 3. The van der Waals surface area contributed by atoms with Crippen molar-refractivity contribution in [1.29, 1.82) is 0 Å². The summed E-state index contributed by atoms with van der Waals surface area (Å²) in [6, 6.07) is 5.68. The third kappa shape index (κ3) is 4.09. The molecule has 0 aliphatic rings. The summed E-state index contributed by atoms with van der Waals surface area (Å²) >= 11 is 0.